The molecule has 2 heterocycles. The largest absolute Gasteiger partial charge is 0.493 e. The Morgan fingerprint density at radius 2 is 1.43 bits per heavy atom. The van der Waals surface area contributed by atoms with Crippen LogP contribution in [0.1, 0.15) is 35.2 Å². The molecule has 7 nitrogen and oxygen atoms in total. The lowest BCUT2D eigenvalue weighted by atomic mass is 10.1. The first-order valence-electron chi connectivity index (χ1n) is 8.50. The second-order valence-corrected chi connectivity index (χ2v) is 6.33. The monoisotopic (exact) mass is 436 g/mol. The van der Waals surface area contributed by atoms with Gasteiger partial charge in [-0.05, 0) is 43.5 Å². The van der Waals surface area contributed by atoms with Crippen LogP contribution in [0.5, 0.6) is 5.75 Å². The highest BCUT2D eigenvalue weighted by molar-refractivity contribution is 5.61. The van der Waals surface area contributed by atoms with Gasteiger partial charge >= 0.3 is 24.1 Å². The van der Waals surface area contributed by atoms with Crippen molar-refractivity contribution in [2.24, 2.45) is 0 Å². The average Bonchev–Trinajstić information content (AvgIpc) is 3.29. The van der Waals surface area contributed by atoms with E-state index in [2.05, 4.69) is 29.3 Å². The van der Waals surface area contributed by atoms with E-state index in [1.807, 2.05) is 0 Å². The summed E-state index contributed by atoms with van der Waals surface area (Å²) in [5, 5.41) is 6.61. The number of aryl methyl sites for hydroxylation is 3. The van der Waals surface area contributed by atoms with E-state index in [-0.39, 0.29) is 24.7 Å². The SMILES string of the molecule is Cc1cc(-c2noc(C(F)(F)F)n2)cc(C)c1OCCCc1noc(C(F)(F)F)n1. The first-order chi connectivity index (χ1) is 13.9. The molecule has 30 heavy (non-hydrogen) atoms. The lowest BCUT2D eigenvalue weighted by Gasteiger charge is -2.13. The normalized spacial score (nSPS) is 12.4. The van der Waals surface area contributed by atoms with Crippen LogP contribution in [-0.2, 0) is 18.8 Å². The molecule has 0 aliphatic carbocycles. The van der Waals surface area contributed by atoms with E-state index in [1.165, 1.54) is 0 Å². The zero-order valence-corrected chi connectivity index (χ0v) is 15.6. The smallest absolute Gasteiger partial charge is 0.471 e. The van der Waals surface area contributed by atoms with Gasteiger partial charge in [0.05, 0.1) is 6.61 Å². The summed E-state index contributed by atoms with van der Waals surface area (Å²) in [5.41, 5.74) is 1.55. The van der Waals surface area contributed by atoms with E-state index < -0.39 is 24.1 Å². The molecular formula is C17H14F6N4O3. The standard InChI is InChI=1S/C17H14F6N4O3/c1-8-6-10(13-25-15(30-27-13)17(21,22)23)7-9(2)12(8)28-5-3-4-11-24-14(29-26-11)16(18,19)20/h6-7H,3-5H2,1-2H3. The van der Waals surface area contributed by atoms with Gasteiger partial charge in [-0.25, -0.2) is 0 Å². The Kier molecular flexibility index (Phi) is 5.72. The summed E-state index contributed by atoms with van der Waals surface area (Å²) >= 11 is 0. The highest BCUT2D eigenvalue weighted by atomic mass is 19.4. The minimum atomic E-state index is -4.74. The molecule has 0 atom stereocenters. The number of aromatic nitrogens is 4. The van der Waals surface area contributed by atoms with E-state index in [0.29, 0.717) is 28.9 Å². The fourth-order valence-electron chi connectivity index (χ4n) is 2.64. The lowest BCUT2D eigenvalue weighted by molar-refractivity contribution is -0.160. The molecule has 0 radical (unpaired) electrons. The first kappa shape index (κ1) is 21.6. The van der Waals surface area contributed by atoms with Crippen LogP contribution in [0.3, 0.4) is 0 Å². The number of benzene rings is 1. The van der Waals surface area contributed by atoms with Crippen molar-refractivity contribution in [2.45, 2.75) is 39.0 Å². The molecule has 0 saturated carbocycles. The quantitative estimate of drug-likeness (QED) is 0.406. The summed E-state index contributed by atoms with van der Waals surface area (Å²) in [7, 11) is 0. The van der Waals surface area contributed by atoms with Crippen LogP contribution >= 0.6 is 0 Å². The van der Waals surface area contributed by atoms with Crippen molar-refractivity contribution in [1.82, 2.24) is 20.3 Å². The van der Waals surface area contributed by atoms with Crippen LogP contribution in [0.2, 0.25) is 0 Å². The van der Waals surface area contributed by atoms with Gasteiger partial charge in [-0.1, -0.05) is 10.3 Å². The minimum Gasteiger partial charge on any atom is -0.493 e. The zero-order valence-electron chi connectivity index (χ0n) is 15.6. The van der Waals surface area contributed by atoms with Crippen molar-refractivity contribution in [1.29, 1.82) is 0 Å². The van der Waals surface area contributed by atoms with Crippen molar-refractivity contribution < 1.29 is 40.1 Å². The number of ether oxygens (including phenoxy) is 1. The second-order valence-electron chi connectivity index (χ2n) is 6.33. The zero-order chi connectivity index (χ0) is 22.1. The third-order valence-electron chi connectivity index (χ3n) is 3.89. The van der Waals surface area contributed by atoms with Crippen LogP contribution in [-0.4, -0.2) is 26.9 Å². The van der Waals surface area contributed by atoms with Crippen LogP contribution in [0.15, 0.2) is 21.2 Å². The van der Waals surface area contributed by atoms with Crippen molar-refractivity contribution in [3.63, 3.8) is 0 Å². The molecule has 0 N–H and O–H groups in total. The van der Waals surface area contributed by atoms with Crippen molar-refractivity contribution in [3.8, 4) is 17.1 Å². The third-order valence-corrected chi connectivity index (χ3v) is 3.89. The van der Waals surface area contributed by atoms with Gasteiger partial charge in [-0.3, -0.25) is 0 Å². The van der Waals surface area contributed by atoms with Gasteiger partial charge in [0.25, 0.3) is 0 Å². The van der Waals surface area contributed by atoms with Gasteiger partial charge < -0.3 is 13.8 Å². The fourth-order valence-corrected chi connectivity index (χ4v) is 2.64. The molecule has 3 aromatic rings. The van der Waals surface area contributed by atoms with Crippen LogP contribution in [0.25, 0.3) is 11.4 Å². The number of halogens is 6. The number of hydrogen-bond donors (Lipinski definition) is 0. The van der Waals surface area contributed by atoms with Gasteiger partial charge in [0.1, 0.15) is 5.75 Å². The molecule has 162 valence electrons. The maximum Gasteiger partial charge on any atom is 0.471 e. The Balaban J connectivity index is 1.62. The van der Waals surface area contributed by atoms with E-state index in [1.54, 1.807) is 26.0 Å². The van der Waals surface area contributed by atoms with Crippen LogP contribution < -0.4 is 4.74 Å². The average molecular weight is 436 g/mol. The molecule has 0 saturated heterocycles. The molecule has 0 unspecified atom stereocenters. The number of alkyl halides is 6. The Hall–Kier alpha value is -3.12. The molecule has 0 aliphatic rings. The maximum absolute atomic E-state index is 12.6. The van der Waals surface area contributed by atoms with E-state index in [4.69, 9.17) is 4.74 Å². The molecule has 3 rings (SSSR count). The van der Waals surface area contributed by atoms with Gasteiger partial charge in [0.15, 0.2) is 5.82 Å². The lowest BCUT2D eigenvalue weighted by Crippen LogP contribution is -2.06. The number of hydrogen-bond acceptors (Lipinski definition) is 7. The summed E-state index contributed by atoms with van der Waals surface area (Å²) in [6.45, 7) is 3.52. The van der Waals surface area contributed by atoms with Gasteiger partial charge in [0.2, 0.25) is 5.82 Å². The predicted octanol–water partition coefficient (Wildman–Crippen LogP) is 4.79. The summed E-state index contributed by atoms with van der Waals surface area (Å²) in [4.78, 5) is 6.61. The number of rotatable bonds is 6. The molecule has 0 aliphatic heterocycles. The molecule has 1 aromatic carbocycles. The number of nitrogens with zero attached hydrogens (tertiary/aromatic N) is 4. The maximum atomic E-state index is 12.6. The van der Waals surface area contributed by atoms with E-state index >= 15 is 0 Å². The Morgan fingerprint density at radius 3 is 1.97 bits per heavy atom. The first-order valence-corrected chi connectivity index (χ1v) is 8.50. The molecule has 0 fully saturated rings. The van der Waals surface area contributed by atoms with E-state index in [0.717, 1.165) is 0 Å². The van der Waals surface area contributed by atoms with Crippen molar-refractivity contribution in [2.75, 3.05) is 6.61 Å². The summed E-state index contributed by atoms with van der Waals surface area (Å²) < 4.78 is 89.1. The predicted molar refractivity (Wildman–Crippen MR) is 87.3 cm³/mol. The van der Waals surface area contributed by atoms with Gasteiger partial charge in [-0.2, -0.15) is 36.3 Å². The molecule has 13 heteroatoms. The molecule has 0 amide bonds. The molecule has 2 aromatic heterocycles. The van der Waals surface area contributed by atoms with Gasteiger partial charge in [0, 0.05) is 12.0 Å². The highest BCUT2D eigenvalue weighted by Gasteiger charge is 2.39. The summed E-state index contributed by atoms with van der Waals surface area (Å²) in [6.07, 6.45) is -9.01. The summed E-state index contributed by atoms with van der Waals surface area (Å²) in [6, 6.07) is 3.09. The Morgan fingerprint density at radius 1 is 0.867 bits per heavy atom. The Bertz CT molecular complexity index is 1000. The third kappa shape index (κ3) is 4.89. The van der Waals surface area contributed by atoms with Gasteiger partial charge in [-0.15, -0.1) is 0 Å². The van der Waals surface area contributed by atoms with Crippen molar-refractivity contribution >= 4 is 0 Å². The fraction of sp³-hybridized carbons (Fsp3) is 0.412. The van der Waals surface area contributed by atoms with Crippen molar-refractivity contribution in [3.05, 3.63) is 40.9 Å². The Labute approximate surface area is 165 Å². The highest BCUT2D eigenvalue weighted by Crippen LogP contribution is 2.32. The van der Waals surface area contributed by atoms with Crippen LogP contribution in [0.4, 0.5) is 26.3 Å². The van der Waals surface area contributed by atoms with E-state index in [9.17, 15) is 26.3 Å². The molecule has 0 bridgehead atoms. The minimum absolute atomic E-state index is 0.0905. The second kappa shape index (κ2) is 7.95. The topological polar surface area (TPSA) is 87.1 Å². The van der Waals surface area contributed by atoms with Crippen LogP contribution in [0, 0.1) is 13.8 Å². The molecular weight excluding hydrogens is 422 g/mol. The molecule has 0 spiro atoms. The summed E-state index contributed by atoms with van der Waals surface area (Å²) in [5.74, 6) is -2.66.